The highest BCUT2D eigenvalue weighted by molar-refractivity contribution is 5.94. The summed E-state index contributed by atoms with van der Waals surface area (Å²) < 4.78 is 10.3. The number of benzene rings is 2. The molecule has 6 nitrogen and oxygen atoms in total. The Morgan fingerprint density at radius 2 is 1.61 bits per heavy atom. The summed E-state index contributed by atoms with van der Waals surface area (Å²) in [6.45, 7) is 0.102. The fraction of sp³-hybridized carbons (Fsp3) is 0.176. The molecule has 0 unspecified atom stereocenters. The average Bonchev–Trinajstić information content (AvgIpc) is 2.59. The van der Waals surface area contributed by atoms with Crippen LogP contribution in [0.1, 0.15) is 5.56 Å². The molecule has 0 aliphatic rings. The van der Waals surface area contributed by atoms with Crippen molar-refractivity contribution in [3.63, 3.8) is 0 Å². The molecule has 0 saturated carbocycles. The zero-order valence-electron chi connectivity index (χ0n) is 12.7. The number of imide groups is 1. The molecule has 0 saturated heterocycles. The summed E-state index contributed by atoms with van der Waals surface area (Å²) in [7, 11) is 1.57. The van der Waals surface area contributed by atoms with Crippen molar-refractivity contribution in [1.29, 1.82) is 0 Å². The topological polar surface area (TPSA) is 76.7 Å². The van der Waals surface area contributed by atoms with Crippen molar-refractivity contribution in [3.8, 4) is 11.5 Å². The highest BCUT2D eigenvalue weighted by atomic mass is 16.5. The lowest BCUT2D eigenvalue weighted by molar-refractivity contribution is -0.122. The maximum atomic E-state index is 11.6. The third-order valence-corrected chi connectivity index (χ3v) is 2.98. The van der Waals surface area contributed by atoms with Crippen LogP contribution in [0.2, 0.25) is 0 Å². The van der Waals surface area contributed by atoms with Gasteiger partial charge in [-0.05, 0) is 29.8 Å². The Labute approximate surface area is 134 Å². The van der Waals surface area contributed by atoms with Crippen LogP contribution in [0.3, 0.4) is 0 Å². The second-order valence-corrected chi connectivity index (χ2v) is 4.68. The van der Waals surface area contributed by atoms with Gasteiger partial charge in [-0.3, -0.25) is 10.1 Å². The number of ether oxygens (including phenoxy) is 2. The first-order valence-electron chi connectivity index (χ1n) is 7.06. The summed E-state index contributed by atoms with van der Waals surface area (Å²) in [4.78, 5) is 23.2. The molecule has 0 aliphatic carbocycles. The smallest absolute Gasteiger partial charge is 0.321 e. The maximum absolute atomic E-state index is 11.6. The first-order valence-corrected chi connectivity index (χ1v) is 7.06. The minimum Gasteiger partial charge on any atom is -0.497 e. The molecule has 2 rings (SSSR count). The van der Waals surface area contributed by atoms with E-state index in [9.17, 15) is 9.59 Å². The summed E-state index contributed by atoms with van der Waals surface area (Å²) in [6.07, 6.45) is 0. The van der Waals surface area contributed by atoms with E-state index in [4.69, 9.17) is 9.47 Å². The zero-order valence-corrected chi connectivity index (χ0v) is 12.7. The second kappa shape index (κ2) is 8.43. The molecular weight excluding hydrogens is 296 g/mol. The van der Waals surface area contributed by atoms with Gasteiger partial charge in [0.05, 0.1) is 7.11 Å². The number of amides is 3. The van der Waals surface area contributed by atoms with Crippen molar-refractivity contribution in [3.05, 3.63) is 60.2 Å². The quantitative estimate of drug-likeness (QED) is 0.856. The first kappa shape index (κ1) is 16.4. The Morgan fingerprint density at radius 1 is 0.957 bits per heavy atom. The molecule has 2 aromatic carbocycles. The Bertz CT molecular complexity index is 641. The summed E-state index contributed by atoms with van der Waals surface area (Å²) in [6, 6.07) is 15.7. The molecule has 2 N–H and O–H groups in total. The van der Waals surface area contributed by atoms with Crippen LogP contribution in [0.4, 0.5) is 4.79 Å². The fourth-order valence-corrected chi connectivity index (χ4v) is 1.81. The lowest BCUT2D eigenvalue weighted by atomic mass is 10.2. The van der Waals surface area contributed by atoms with E-state index < -0.39 is 11.9 Å². The number of hydrogen-bond donors (Lipinski definition) is 2. The summed E-state index contributed by atoms with van der Waals surface area (Å²) in [5.74, 6) is 0.694. The minimum absolute atomic E-state index is 0.245. The number of methoxy groups -OCH3 is 1. The van der Waals surface area contributed by atoms with Crippen LogP contribution in [-0.4, -0.2) is 25.7 Å². The van der Waals surface area contributed by atoms with Gasteiger partial charge in [0, 0.05) is 6.54 Å². The van der Waals surface area contributed by atoms with E-state index in [1.54, 1.807) is 31.4 Å². The Morgan fingerprint density at radius 3 is 2.26 bits per heavy atom. The van der Waals surface area contributed by atoms with Crippen molar-refractivity contribution in [2.24, 2.45) is 0 Å². The molecule has 23 heavy (non-hydrogen) atoms. The predicted octanol–water partition coefficient (Wildman–Crippen LogP) is 2.10. The number of rotatable bonds is 6. The molecule has 120 valence electrons. The molecule has 2 aromatic rings. The van der Waals surface area contributed by atoms with Crippen LogP contribution in [-0.2, 0) is 11.3 Å². The fourth-order valence-electron chi connectivity index (χ4n) is 1.81. The molecule has 0 bridgehead atoms. The second-order valence-electron chi connectivity index (χ2n) is 4.68. The molecule has 6 heteroatoms. The van der Waals surface area contributed by atoms with Crippen LogP contribution in [0.5, 0.6) is 11.5 Å². The maximum Gasteiger partial charge on any atom is 0.321 e. The SMILES string of the molecule is COc1ccc(OCC(=O)NC(=O)NCc2ccccc2)cc1. The minimum atomic E-state index is -0.558. The first-order chi connectivity index (χ1) is 11.2. The summed E-state index contributed by atoms with van der Waals surface area (Å²) in [5, 5.41) is 4.80. The van der Waals surface area contributed by atoms with Crippen molar-refractivity contribution >= 4 is 11.9 Å². The third-order valence-electron chi connectivity index (χ3n) is 2.98. The van der Waals surface area contributed by atoms with E-state index in [0.717, 1.165) is 5.56 Å². The Balaban J connectivity index is 1.70. The number of carbonyl (C=O) groups is 2. The average molecular weight is 314 g/mol. The van der Waals surface area contributed by atoms with E-state index in [2.05, 4.69) is 10.6 Å². The van der Waals surface area contributed by atoms with Gasteiger partial charge in [0.1, 0.15) is 11.5 Å². The standard InChI is InChI=1S/C17H18N2O4/c1-22-14-7-9-15(10-8-14)23-12-16(20)19-17(21)18-11-13-5-3-2-4-6-13/h2-10H,11-12H2,1H3,(H2,18,19,20,21). The predicted molar refractivity (Wildman–Crippen MR) is 85.3 cm³/mol. The number of urea groups is 1. The molecule has 0 radical (unpaired) electrons. The van der Waals surface area contributed by atoms with E-state index in [0.29, 0.717) is 18.0 Å². The van der Waals surface area contributed by atoms with Crippen LogP contribution in [0, 0.1) is 0 Å². The van der Waals surface area contributed by atoms with Gasteiger partial charge in [0.15, 0.2) is 6.61 Å². The number of carbonyl (C=O) groups excluding carboxylic acids is 2. The number of hydrogen-bond acceptors (Lipinski definition) is 4. The normalized spacial score (nSPS) is 9.78. The molecule has 0 aliphatic heterocycles. The third kappa shape index (κ3) is 5.70. The van der Waals surface area contributed by atoms with Crippen molar-refractivity contribution in [2.75, 3.05) is 13.7 Å². The van der Waals surface area contributed by atoms with Gasteiger partial charge >= 0.3 is 6.03 Å². The van der Waals surface area contributed by atoms with Crippen molar-refractivity contribution in [1.82, 2.24) is 10.6 Å². The molecule has 3 amide bonds. The monoisotopic (exact) mass is 314 g/mol. The van der Waals surface area contributed by atoms with E-state index in [1.807, 2.05) is 30.3 Å². The van der Waals surface area contributed by atoms with Crippen LogP contribution in [0.15, 0.2) is 54.6 Å². The highest BCUT2D eigenvalue weighted by Crippen LogP contribution is 2.16. The van der Waals surface area contributed by atoms with Crippen LogP contribution in [0.25, 0.3) is 0 Å². The molecular formula is C17H18N2O4. The summed E-state index contributed by atoms with van der Waals surface area (Å²) in [5.41, 5.74) is 0.949. The molecule has 0 atom stereocenters. The van der Waals surface area contributed by atoms with Crippen molar-refractivity contribution in [2.45, 2.75) is 6.54 Å². The number of nitrogens with one attached hydrogen (secondary N) is 2. The Kier molecular flexibility index (Phi) is 5.99. The van der Waals surface area contributed by atoms with Crippen molar-refractivity contribution < 1.29 is 19.1 Å². The van der Waals surface area contributed by atoms with Gasteiger partial charge in [0.25, 0.3) is 5.91 Å². The van der Waals surface area contributed by atoms with Gasteiger partial charge in [-0.15, -0.1) is 0 Å². The van der Waals surface area contributed by atoms with Gasteiger partial charge in [-0.25, -0.2) is 4.79 Å². The molecule has 0 heterocycles. The highest BCUT2D eigenvalue weighted by Gasteiger charge is 2.08. The van der Waals surface area contributed by atoms with Crippen LogP contribution < -0.4 is 20.1 Å². The Hall–Kier alpha value is -3.02. The molecule has 0 spiro atoms. The van der Waals surface area contributed by atoms with E-state index >= 15 is 0 Å². The van der Waals surface area contributed by atoms with Gasteiger partial charge in [0.2, 0.25) is 0 Å². The lowest BCUT2D eigenvalue weighted by Gasteiger charge is -2.08. The molecule has 0 aromatic heterocycles. The van der Waals surface area contributed by atoms with Crippen LogP contribution >= 0.6 is 0 Å². The van der Waals surface area contributed by atoms with E-state index in [-0.39, 0.29) is 6.61 Å². The zero-order chi connectivity index (χ0) is 16.5. The van der Waals surface area contributed by atoms with Gasteiger partial charge < -0.3 is 14.8 Å². The molecule has 0 fully saturated rings. The summed E-state index contributed by atoms with van der Waals surface area (Å²) >= 11 is 0. The lowest BCUT2D eigenvalue weighted by Crippen LogP contribution is -2.41. The van der Waals surface area contributed by atoms with Gasteiger partial charge in [-0.2, -0.15) is 0 Å². The van der Waals surface area contributed by atoms with E-state index in [1.165, 1.54) is 0 Å². The van der Waals surface area contributed by atoms with Gasteiger partial charge in [-0.1, -0.05) is 30.3 Å². The largest absolute Gasteiger partial charge is 0.497 e.